The third-order valence-corrected chi connectivity index (χ3v) is 3.43. The number of para-hydroxylation sites is 1. The zero-order chi connectivity index (χ0) is 15.2. The third kappa shape index (κ3) is 3.93. The summed E-state index contributed by atoms with van der Waals surface area (Å²) < 4.78 is 0.863. The van der Waals surface area contributed by atoms with Crippen molar-refractivity contribution in [2.75, 3.05) is 23.7 Å². The lowest BCUT2D eigenvalue weighted by Crippen LogP contribution is -2.17. The number of hydrogen-bond acceptors (Lipinski definition) is 5. The highest BCUT2D eigenvalue weighted by Crippen LogP contribution is 2.26. The number of aromatic nitrogens is 1. The normalized spacial score (nSPS) is 10.2. The Morgan fingerprint density at radius 3 is 2.67 bits per heavy atom. The Bertz CT molecular complexity index is 647. The van der Waals surface area contributed by atoms with E-state index in [0.717, 1.165) is 10.2 Å². The number of rotatable bonds is 6. The molecule has 0 bridgehead atoms. The number of carbonyl (C=O) groups excluding carboxylic acids is 1. The van der Waals surface area contributed by atoms with Gasteiger partial charge in [-0.25, -0.2) is 4.98 Å². The Morgan fingerprint density at radius 1 is 1.24 bits per heavy atom. The summed E-state index contributed by atoms with van der Waals surface area (Å²) in [6, 6.07) is 10.9. The molecule has 0 spiro atoms. The minimum Gasteiger partial charge on any atom is -0.369 e. The molecule has 0 unspecified atom stereocenters. The van der Waals surface area contributed by atoms with E-state index in [4.69, 9.17) is 11.5 Å². The molecule has 0 saturated carbocycles. The Labute approximate surface area is 131 Å². The number of halogens is 1. The number of anilines is 3. The number of nitrogens with two attached hydrogens (primary N) is 2. The van der Waals surface area contributed by atoms with E-state index in [1.807, 2.05) is 24.3 Å². The van der Waals surface area contributed by atoms with E-state index >= 15 is 0 Å². The second kappa shape index (κ2) is 7.05. The predicted molar refractivity (Wildman–Crippen MR) is 87.7 cm³/mol. The quantitative estimate of drug-likeness (QED) is 0.638. The van der Waals surface area contributed by atoms with E-state index in [1.165, 1.54) is 0 Å². The number of amides is 1. The molecule has 1 amide bonds. The lowest BCUT2D eigenvalue weighted by molar-refractivity contribution is 0.100. The Hall–Kier alpha value is -2.12. The Kier molecular flexibility index (Phi) is 5.13. The first-order chi connectivity index (χ1) is 10.1. The highest BCUT2D eigenvalue weighted by molar-refractivity contribution is 9.10. The number of primary amides is 1. The zero-order valence-electron chi connectivity index (χ0n) is 11.3. The van der Waals surface area contributed by atoms with Gasteiger partial charge in [0.1, 0.15) is 11.6 Å². The number of hydrogen-bond donors (Lipinski definition) is 4. The van der Waals surface area contributed by atoms with Gasteiger partial charge in [0, 0.05) is 17.6 Å². The summed E-state index contributed by atoms with van der Waals surface area (Å²) in [5, 5.41) is 6.17. The molecule has 0 atom stereocenters. The smallest absolute Gasteiger partial charge is 0.252 e. The first-order valence-corrected chi connectivity index (χ1v) is 7.17. The van der Waals surface area contributed by atoms with Crippen molar-refractivity contribution in [1.82, 2.24) is 4.98 Å². The molecular weight excluding hydrogens is 334 g/mol. The predicted octanol–water partition coefficient (Wildman–Crippen LogP) is 2.06. The standard InChI is InChI=1S/C14H16BrN5O/c15-10-3-1-2-4-11(10)19-14-9(13(17)21)5-6-12(20-14)18-8-7-16/h1-6H,7-8,16H2,(H2,17,21)(H2,18,19,20). The van der Waals surface area contributed by atoms with E-state index in [1.54, 1.807) is 12.1 Å². The summed E-state index contributed by atoms with van der Waals surface area (Å²) in [7, 11) is 0. The van der Waals surface area contributed by atoms with Gasteiger partial charge in [-0.15, -0.1) is 0 Å². The lowest BCUT2D eigenvalue weighted by atomic mass is 10.2. The molecule has 110 valence electrons. The lowest BCUT2D eigenvalue weighted by Gasteiger charge is -2.13. The van der Waals surface area contributed by atoms with Crippen LogP contribution in [0.1, 0.15) is 10.4 Å². The second-order valence-corrected chi connectivity index (χ2v) is 5.13. The fraction of sp³-hybridized carbons (Fsp3) is 0.143. The summed E-state index contributed by atoms with van der Waals surface area (Å²) in [5.74, 6) is 0.485. The van der Waals surface area contributed by atoms with Crippen LogP contribution in [0.25, 0.3) is 0 Å². The Morgan fingerprint density at radius 2 is 2.00 bits per heavy atom. The largest absolute Gasteiger partial charge is 0.369 e. The minimum atomic E-state index is -0.539. The van der Waals surface area contributed by atoms with Gasteiger partial charge < -0.3 is 22.1 Å². The zero-order valence-corrected chi connectivity index (χ0v) is 12.9. The van der Waals surface area contributed by atoms with Crippen molar-refractivity contribution in [2.45, 2.75) is 0 Å². The van der Waals surface area contributed by atoms with Crippen LogP contribution in [0.4, 0.5) is 17.3 Å². The van der Waals surface area contributed by atoms with Gasteiger partial charge in [0.15, 0.2) is 0 Å². The molecule has 0 aliphatic rings. The van der Waals surface area contributed by atoms with Gasteiger partial charge in [-0.2, -0.15) is 0 Å². The highest BCUT2D eigenvalue weighted by atomic mass is 79.9. The van der Waals surface area contributed by atoms with E-state index in [-0.39, 0.29) is 0 Å². The molecule has 6 nitrogen and oxygen atoms in total. The topological polar surface area (TPSA) is 106 Å². The molecule has 1 aromatic heterocycles. The maximum Gasteiger partial charge on any atom is 0.252 e. The van der Waals surface area contributed by atoms with Crippen molar-refractivity contribution >= 4 is 39.2 Å². The van der Waals surface area contributed by atoms with Gasteiger partial charge in [-0.3, -0.25) is 4.79 Å². The molecule has 0 aliphatic carbocycles. The average Bonchev–Trinajstić information content (AvgIpc) is 2.47. The van der Waals surface area contributed by atoms with Crippen LogP contribution in [0.15, 0.2) is 40.9 Å². The van der Waals surface area contributed by atoms with E-state index in [2.05, 4.69) is 31.5 Å². The molecule has 0 fully saturated rings. The molecule has 2 rings (SSSR count). The van der Waals surface area contributed by atoms with Crippen LogP contribution in [0.5, 0.6) is 0 Å². The summed E-state index contributed by atoms with van der Waals surface area (Å²) in [4.78, 5) is 15.9. The molecule has 0 aliphatic heterocycles. The van der Waals surface area contributed by atoms with E-state index in [9.17, 15) is 4.79 Å². The third-order valence-electron chi connectivity index (χ3n) is 2.74. The molecule has 7 heteroatoms. The molecular formula is C14H16BrN5O. The number of benzene rings is 1. The fourth-order valence-corrected chi connectivity index (χ4v) is 2.13. The van der Waals surface area contributed by atoms with Crippen LogP contribution in [0, 0.1) is 0 Å². The number of pyridine rings is 1. The van der Waals surface area contributed by atoms with Gasteiger partial charge in [0.25, 0.3) is 5.91 Å². The SMILES string of the molecule is NCCNc1ccc(C(N)=O)c(Nc2ccccc2Br)n1. The Balaban J connectivity index is 2.34. The van der Waals surface area contributed by atoms with Crippen LogP contribution in [0.3, 0.4) is 0 Å². The summed E-state index contributed by atoms with van der Waals surface area (Å²) in [6.07, 6.45) is 0. The van der Waals surface area contributed by atoms with Gasteiger partial charge in [-0.1, -0.05) is 12.1 Å². The molecule has 0 radical (unpaired) electrons. The van der Waals surface area contributed by atoms with Crippen molar-refractivity contribution in [2.24, 2.45) is 11.5 Å². The first-order valence-electron chi connectivity index (χ1n) is 6.38. The van der Waals surface area contributed by atoms with Crippen molar-refractivity contribution < 1.29 is 4.79 Å². The highest BCUT2D eigenvalue weighted by Gasteiger charge is 2.12. The van der Waals surface area contributed by atoms with Crippen molar-refractivity contribution in [3.05, 3.63) is 46.4 Å². The van der Waals surface area contributed by atoms with Gasteiger partial charge in [0.05, 0.1) is 11.3 Å². The van der Waals surface area contributed by atoms with Gasteiger partial charge in [-0.05, 0) is 40.2 Å². The van der Waals surface area contributed by atoms with Crippen LogP contribution in [-0.2, 0) is 0 Å². The maximum atomic E-state index is 11.5. The van der Waals surface area contributed by atoms with Crippen LogP contribution < -0.4 is 22.1 Å². The maximum absolute atomic E-state index is 11.5. The van der Waals surface area contributed by atoms with E-state index < -0.39 is 5.91 Å². The van der Waals surface area contributed by atoms with Crippen molar-refractivity contribution in [3.63, 3.8) is 0 Å². The molecule has 6 N–H and O–H groups in total. The van der Waals surface area contributed by atoms with Crippen molar-refractivity contribution in [3.8, 4) is 0 Å². The average molecular weight is 350 g/mol. The first kappa shape index (κ1) is 15.3. The van der Waals surface area contributed by atoms with Crippen LogP contribution in [0.2, 0.25) is 0 Å². The molecule has 2 aromatic rings. The number of nitrogens with zero attached hydrogens (tertiary/aromatic N) is 1. The second-order valence-electron chi connectivity index (χ2n) is 4.28. The van der Waals surface area contributed by atoms with Gasteiger partial charge in [0.2, 0.25) is 0 Å². The summed E-state index contributed by atoms with van der Waals surface area (Å²) in [5.41, 5.74) is 12.0. The van der Waals surface area contributed by atoms with Crippen LogP contribution in [-0.4, -0.2) is 24.0 Å². The van der Waals surface area contributed by atoms with Crippen LogP contribution >= 0.6 is 15.9 Å². The van der Waals surface area contributed by atoms with Gasteiger partial charge >= 0.3 is 0 Å². The number of carbonyl (C=O) groups is 1. The molecule has 0 saturated heterocycles. The fourth-order valence-electron chi connectivity index (χ4n) is 1.74. The minimum absolute atomic E-state index is 0.323. The number of nitrogens with one attached hydrogen (secondary N) is 2. The summed E-state index contributed by atoms with van der Waals surface area (Å²) >= 11 is 3.44. The molecule has 21 heavy (non-hydrogen) atoms. The van der Waals surface area contributed by atoms with Crippen molar-refractivity contribution in [1.29, 1.82) is 0 Å². The van der Waals surface area contributed by atoms with E-state index in [0.29, 0.717) is 30.3 Å². The molecule has 1 aromatic carbocycles. The molecule has 1 heterocycles. The summed E-state index contributed by atoms with van der Waals surface area (Å²) in [6.45, 7) is 1.09. The monoisotopic (exact) mass is 349 g/mol.